The van der Waals surface area contributed by atoms with E-state index in [0.717, 1.165) is 16.2 Å². The maximum atomic E-state index is 13.9. The first-order chi connectivity index (χ1) is 15.1. The first kappa shape index (κ1) is 18.9. The zero-order valence-corrected chi connectivity index (χ0v) is 16.4. The van der Waals surface area contributed by atoms with E-state index in [0.29, 0.717) is 16.6 Å². The van der Waals surface area contributed by atoms with Crippen LogP contribution in [0.25, 0.3) is 43.9 Å². The molecule has 1 N–H and O–H groups in total. The molecule has 0 saturated heterocycles. The summed E-state index contributed by atoms with van der Waals surface area (Å²) in [6.45, 7) is 0. The molecule has 0 unspecified atom stereocenters. The summed E-state index contributed by atoms with van der Waals surface area (Å²) in [6, 6.07) is 21.2. The van der Waals surface area contributed by atoms with Gasteiger partial charge in [-0.15, -0.1) is 0 Å². The Morgan fingerprint density at radius 2 is 1.16 bits per heavy atom. The largest absolute Gasteiger partial charge is 0.505 e. The molecular weight excluding hydrogens is 402 g/mol. The second-order valence-corrected chi connectivity index (χ2v) is 6.93. The van der Waals surface area contributed by atoms with Gasteiger partial charge in [0.15, 0.2) is 22.7 Å². The Bertz CT molecular complexity index is 1560. The van der Waals surface area contributed by atoms with Crippen molar-refractivity contribution in [1.29, 1.82) is 0 Å². The minimum absolute atomic E-state index is 0.108. The SMILES string of the molecule is COc1ccc2c(oc3ccccc32)c1F.Oc1ccc2c(oc3ccccc32)c1F. The van der Waals surface area contributed by atoms with Crippen molar-refractivity contribution in [2.24, 2.45) is 0 Å². The molecule has 0 atom stereocenters. The molecule has 2 heterocycles. The van der Waals surface area contributed by atoms with Crippen LogP contribution in [0, 0.1) is 11.6 Å². The van der Waals surface area contributed by atoms with E-state index >= 15 is 0 Å². The van der Waals surface area contributed by atoms with E-state index in [4.69, 9.17) is 13.6 Å². The highest BCUT2D eigenvalue weighted by Gasteiger charge is 2.15. The van der Waals surface area contributed by atoms with Crippen LogP contribution < -0.4 is 4.74 Å². The first-order valence-corrected chi connectivity index (χ1v) is 9.51. The van der Waals surface area contributed by atoms with Crippen molar-refractivity contribution in [1.82, 2.24) is 0 Å². The number of hydrogen-bond donors (Lipinski definition) is 1. The average molecular weight is 418 g/mol. The minimum Gasteiger partial charge on any atom is -0.505 e. The second-order valence-electron chi connectivity index (χ2n) is 6.93. The van der Waals surface area contributed by atoms with E-state index in [1.807, 2.05) is 48.5 Å². The predicted molar refractivity (Wildman–Crippen MR) is 116 cm³/mol. The van der Waals surface area contributed by atoms with Gasteiger partial charge in [0.05, 0.1) is 7.11 Å². The molecule has 4 aromatic carbocycles. The summed E-state index contributed by atoms with van der Waals surface area (Å²) in [6.07, 6.45) is 0. The van der Waals surface area contributed by atoms with E-state index in [2.05, 4.69) is 0 Å². The van der Waals surface area contributed by atoms with Gasteiger partial charge < -0.3 is 18.7 Å². The molecule has 31 heavy (non-hydrogen) atoms. The number of phenols is 1. The monoisotopic (exact) mass is 418 g/mol. The minimum atomic E-state index is -0.705. The summed E-state index contributed by atoms with van der Waals surface area (Å²) in [5, 5.41) is 12.4. The van der Waals surface area contributed by atoms with E-state index < -0.39 is 11.6 Å². The van der Waals surface area contributed by atoms with Crippen molar-refractivity contribution >= 4 is 43.9 Å². The third kappa shape index (κ3) is 3.04. The fourth-order valence-electron chi connectivity index (χ4n) is 3.64. The van der Waals surface area contributed by atoms with Gasteiger partial charge in [0.25, 0.3) is 0 Å². The first-order valence-electron chi connectivity index (χ1n) is 9.51. The summed E-state index contributed by atoms with van der Waals surface area (Å²) in [5.74, 6) is -1.34. The molecule has 0 aliphatic rings. The second kappa shape index (κ2) is 7.32. The Kier molecular flexibility index (Phi) is 4.47. The molecule has 0 fully saturated rings. The Labute approximate surface area is 174 Å². The number of aromatic hydroxyl groups is 1. The molecule has 0 aliphatic carbocycles. The molecule has 154 valence electrons. The molecule has 6 aromatic rings. The van der Waals surface area contributed by atoms with Gasteiger partial charge in [-0.2, -0.15) is 8.78 Å². The molecular formula is C25H16F2O4. The van der Waals surface area contributed by atoms with Crippen LogP contribution in [-0.2, 0) is 0 Å². The highest BCUT2D eigenvalue weighted by atomic mass is 19.1. The predicted octanol–water partition coefficient (Wildman–Crippen LogP) is 7.16. The van der Waals surface area contributed by atoms with Crippen molar-refractivity contribution in [3.8, 4) is 11.5 Å². The van der Waals surface area contributed by atoms with Crippen LogP contribution in [-0.4, -0.2) is 12.2 Å². The van der Waals surface area contributed by atoms with Gasteiger partial charge in [0, 0.05) is 21.5 Å². The van der Waals surface area contributed by atoms with Gasteiger partial charge in [-0.25, -0.2) is 0 Å². The van der Waals surface area contributed by atoms with Gasteiger partial charge in [0.1, 0.15) is 11.2 Å². The summed E-state index contributed by atoms with van der Waals surface area (Å²) < 4.78 is 43.1. The third-order valence-corrected chi connectivity index (χ3v) is 5.14. The van der Waals surface area contributed by atoms with Gasteiger partial charge in [0.2, 0.25) is 11.6 Å². The molecule has 0 spiro atoms. The van der Waals surface area contributed by atoms with Gasteiger partial charge in [-0.05, 0) is 36.4 Å². The number of phenolic OH excluding ortho intramolecular Hbond substituents is 1. The number of para-hydroxylation sites is 2. The lowest BCUT2D eigenvalue weighted by Gasteiger charge is -2.00. The third-order valence-electron chi connectivity index (χ3n) is 5.14. The highest BCUT2D eigenvalue weighted by Crippen LogP contribution is 2.34. The highest BCUT2D eigenvalue weighted by molar-refractivity contribution is 6.06. The molecule has 0 radical (unpaired) electrons. The molecule has 4 nitrogen and oxygen atoms in total. The van der Waals surface area contributed by atoms with Gasteiger partial charge >= 0.3 is 0 Å². The van der Waals surface area contributed by atoms with Crippen LogP contribution in [0.15, 0.2) is 81.6 Å². The van der Waals surface area contributed by atoms with Crippen LogP contribution >= 0.6 is 0 Å². The zero-order valence-electron chi connectivity index (χ0n) is 16.4. The lowest BCUT2D eigenvalue weighted by Crippen LogP contribution is -1.87. The standard InChI is InChI=1S/C13H9FO2.C12H7FO2/c1-15-11-7-6-9-8-4-2-3-5-10(8)16-13(9)12(11)14;13-11-9(14)6-5-8-7-3-1-2-4-10(7)15-12(8)11/h2-7H,1H3;1-6,14H. The fourth-order valence-corrected chi connectivity index (χ4v) is 3.64. The number of benzene rings is 4. The zero-order chi connectivity index (χ0) is 21.5. The molecule has 6 rings (SSSR count). The van der Waals surface area contributed by atoms with Crippen LogP contribution in [0.1, 0.15) is 0 Å². The lowest BCUT2D eigenvalue weighted by atomic mass is 10.1. The number of rotatable bonds is 1. The number of halogens is 2. The Morgan fingerprint density at radius 3 is 1.74 bits per heavy atom. The number of ether oxygens (including phenoxy) is 1. The fraction of sp³-hybridized carbons (Fsp3) is 0.0400. The van der Waals surface area contributed by atoms with E-state index in [1.54, 1.807) is 18.2 Å². The molecule has 2 aromatic heterocycles. The van der Waals surface area contributed by atoms with Crippen LogP contribution in [0.5, 0.6) is 11.5 Å². The summed E-state index contributed by atoms with van der Waals surface area (Å²) in [5.41, 5.74) is 1.67. The molecule has 0 bridgehead atoms. The van der Waals surface area contributed by atoms with Crippen molar-refractivity contribution in [2.45, 2.75) is 0 Å². The van der Waals surface area contributed by atoms with Crippen LogP contribution in [0.4, 0.5) is 8.78 Å². The van der Waals surface area contributed by atoms with Crippen molar-refractivity contribution in [3.63, 3.8) is 0 Å². The molecule has 0 saturated carbocycles. The normalized spacial score (nSPS) is 11.2. The Balaban J connectivity index is 0.000000132. The molecule has 0 amide bonds. The molecule has 0 aliphatic heterocycles. The topological polar surface area (TPSA) is 55.7 Å². The number of methoxy groups -OCH3 is 1. The Hall–Kier alpha value is -4.06. The van der Waals surface area contributed by atoms with E-state index in [9.17, 15) is 13.9 Å². The maximum Gasteiger partial charge on any atom is 0.208 e. The van der Waals surface area contributed by atoms with Crippen molar-refractivity contribution in [3.05, 3.63) is 84.4 Å². The van der Waals surface area contributed by atoms with Crippen molar-refractivity contribution in [2.75, 3.05) is 7.11 Å². The number of furan rings is 2. The summed E-state index contributed by atoms with van der Waals surface area (Å²) in [4.78, 5) is 0. The van der Waals surface area contributed by atoms with E-state index in [1.165, 1.54) is 13.2 Å². The van der Waals surface area contributed by atoms with Gasteiger partial charge in [-0.3, -0.25) is 0 Å². The Morgan fingerprint density at radius 1 is 0.645 bits per heavy atom. The number of fused-ring (bicyclic) bond motifs is 6. The lowest BCUT2D eigenvalue weighted by molar-refractivity contribution is 0.386. The smallest absolute Gasteiger partial charge is 0.208 e. The van der Waals surface area contributed by atoms with Gasteiger partial charge in [-0.1, -0.05) is 36.4 Å². The van der Waals surface area contributed by atoms with Crippen LogP contribution in [0.3, 0.4) is 0 Å². The van der Waals surface area contributed by atoms with Crippen molar-refractivity contribution < 1.29 is 27.5 Å². The van der Waals surface area contributed by atoms with Crippen LogP contribution in [0.2, 0.25) is 0 Å². The summed E-state index contributed by atoms with van der Waals surface area (Å²) >= 11 is 0. The molecule has 6 heteroatoms. The van der Waals surface area contributed by atoms with E-state index in [-0.39, 0.29) is 22.7 Å². The quantitative estimate of drug-likeness (QED) is 0.308. The maximum absolute atomic E-state index is 13.9. The number of hydrogen-bond acceptors (Lipinski definition) is 4. The average Bonchev–Trinajstić information content (AvgIpc) is 3.37. The summed E-state index contributed by atoms with van der Waals surface area (Å²) in [7, 11) is 1.44.